The Morgan fingerprint density at radius 3 is 2.63 bits per heavy atom. The smallest absolute Gasteiger partial charge is 0.327 e. The topological polar surface area (TPSA) is 101 Å². The van der Waals surface area contributed by atoms with Gasteiger partial charge in [0.05, 0.1) is 6.54 Å². The fourth-order valence-corrected chi connectivity index (χ4v) is 3.02. The molecular weight excluding hydrogens is 384 g/mol. The number of aldehydes is 1. The van der Waals surface area contributed by atoms with Crippen molar-refractivity contribution in [3.63, 3.8) is 0 Å². The minimum absolute atomic E-state index is 0.262. The third-order valence-electron chi connectivity index (χ3n) is 4.46. The lowest BCUT2D eigenvalue weighted by molar-refractivity contribution is 0.102. The van der Waals surface area contributed by atoms with Crippen molar-refractivity contribution in [3.05, 3.63) is 77.9 Å². The zero-order valence-corrected chi connectivity index (χ0v) is 15.9. The van der Waals surface area contributed by atoms with Gasteiger partial charge in [-0.25, -0.2) is 9.78 Å². The molecule has 1 aliphatic rings. The van der Waals surface area contributed by atoms with Gasteiger partial charge in [-0.2, -0.15) is 0 Å². The molecule has 3 aromatic rings. The molecule has 1 aliphatic heterocycles. The van der Waals surface area contributed by atoms with Crippen LogP contribution in [0.25, 0.3) is 0 Å². The van der Waals surface area contributed by atoms with Crippen LogP contribution >= 0.6 is 0 Å². The first-order valence-electron chi connectivity index (χ1n) is 9.28. The quantitative estimate of drug-likeness (QED) is 0.650. The normalized spacial score (nSPS) is 12.3. The van der Waals surface area contributed by atoms with E-state index in [-0.39, 0.29) is 11.8 Å². The Morgan fingerprint density at radius 2 is 1.83 bits per heavy atom. The van der Waals surface area contributed by atoms with Gasteiger partial charge in [0.15, 0.2) is 11.6 Å². The molecule has 0 bridgehead atoms. The summed E-state index contributed by atoms with van der Waals surface area (Å²) in [4.78, 5) is 42.1. The second kappa shape index (κ2) is 8.44. The molecule has 0 unspecified atom stereocenters. The zero-order valence-electron chi connectivity index (χ0n) is 15.9. The standard InChI is InChI=1S/C22H18N4O4/c27-14-15-5-4-6-16(13-15)21(28)25-19-10-9-18-20(24-19)26(11-12-30-18)22(29)23-17-7-2-1-3-8-17/h1-10,13-14H,11-12H2,(H,23,29)(H,24,25,28). The number of ether oxygens (including phenoxy) is 1. The number of carbonyl (C=O) groups is 3. The molecule has 0 aliphatic carbocycles. The molecule has 30 heavy (non-hydrogen) atoms. The first-order chi connectivity index (χ1) is 14.6. The summed E-state index contributed by atoms with van der Waals surface area (Å²) in [5.74, 6) is 0.612. The number of nitrogens with zero attached hydrogens (tertiary/aromatic N) is 2. The predicted octanol–water partition coefficient (Wildman–Crippen LogP) is 3.58. The molecule has 0 saturated carbocycles. The number of nitrogens with one attached hydrogen (secondary N) is 2. The maximum atomic E-state index is 12.8. The number of rotatable bonds is 4. The molecule has 150 valence electrons. The van der Waals surface area contributed by atoms with E-state index in [1.165, 1.54) is 11.0 Å². The molecule has 0 spiro atoms. The van der Waals surface area contributed by atoms with Gasteiger partial charge in [-0.3, -0.25) is 14.5 Å². The third kappa shape index (κ3) is 4.12. The van der Waals surface area contributed by atoms with E-state index in [4.69, 9.17) is 4.74 Å². The number of hydrogen-bond acceptors (Lipinski definition) is 5. The Morgan fingerprint density at radius 1 is 1.00 bits per heavy atom. The first kappa shape index (κ1) is 19.1. The highest BCUT2D eigenvalue weighted by molar-refractivity contribution is 6.05. The SMILES string of the molecule is O=Cc1cccc(C(=O)Nc2ccc3c(n2)N(C(=O)Nc2ccccc2)CCO3)c1. The van der Waals surface area contributed by atoms with E-state index in [0.717, 1.165) is 0 Å². The number of benzene rings is 2. The van der Waals surface area contributed by atoms with Crippen LogP contribution < -0.4 is 20.3 Å². The third-order valence-corrected chi connectivity index (χ3v) is 4.46. The highest BCUT2D eigenvalue weighted by Crippen LogP contribution is 2.31. The second-order valence-electron chi connectivity index (χ2n) is 6.51. The van der Waals surface area contributed by atoms with Gasteiger partial charge < -0.3 is 15.4 Å². The van der Waals surface area contributed by atoms with Crippen molar-refractivity contribution < 1.29 is 19.1 Å². The maximum Gasteiger partial charge on any atom is 0.327 e. The van der Waals surface area contributed by atoms with E-state index in [1.54, 1.807) is 42.5 Å². The molecule has 2 N–H and O–H groups in total. The molecule has 8 heteroatoms. The molecule has 0 radical (unpaired) electrons. The second-order valence-corrected chi connectivity index (χ2v) is 6.51. The van der Waals surface area contributed by atoms with Gasteiger partial charge in [-0.15, -0.1) is 0 Å². The molecule has 0 saturated heterocycles. The van der Waals surface area contributed by atoms with E-state index in [1.807, 2.05) is 18.2 Å². The molecule has 0 fully saturated rings. The van der Waals surface area contributed by atoms with E-state index >= 15 is 0 Å². The van der Waals surface area contributed by atoms with Crippen LogP contribution in [-0.2, 0) is 0 Å². The van der Waals surface area contributed by atoms with Crippen molar-refractivity contribution in [1.82, 2.24) is 4.98 Å². The molecule has 0 atom stereocenters. The van der Waals surface area contributed by atoms with Gasteiger partial charge in [0, 0.05) is 16.8 Å². The summed E-state index contributed by atoms with van der Waals surface area (Å²) in [6.07, 6.45) is 0.675. The van der Waals surface area contributed by atoms with E-state index in [2.05, 4.69) is 15.6 Å². The van der Waals surface area contributed by atoms with Gasteiger partial charge in [-0.05, 0) is 36.4 Å². The molecule has 2 heterocycles. The van der Waals surface area contributed by atoms with Gasteiger partial charge >= 0.3 is 6.03 Å². The number of anilines is 3. The lowest BCUT2D eigenvalue weighted by Gasteiger charge is -2.28. The van der Waals surface area contributed by atoms with E-state index in [0.29, 0.717) is 47.8 Å². The number of urea groups is 1. The van der Waals surface area contributed by atoms with Crippen LogP contribution in [0.2, 0.25) is 0 Å². The van der Waals surface area contributed by atoms with Crippen molar-refractivity contribution in [2.24, 2.45) is 0 Å². The van der Waals surface area contributed by atoms with Gasteiger partial charge in [0.2, 0.25) is 0 Å². The highest BCUT2D eigenvalue weighted by Gasteiger charge is 2.26. The number of pyridine rings is 1. The number of carbonyl (C=O) groups excluding carboxylic acids is 3. The average Bonchev–Trinajstić information content (AvgIpc) is 2.79. The monoisotopic (exact) mass is 402 g/mol. The molecule has 8 nitrogen and oxygen atoms in total. The van der Waals surface area contributed by atoms with Gasteiger partial charge in [0.1, 0.15) is 18.7 Å². The summed E-state index contributed by atoms with van der Waals surface area (Å²) in [7, 11) is 0. The van der Waals surface area contributed by atoms with Crippen LogP contribution in [0.3, 0.4) is 0 Å². The molecule has 4 rings (SSSR count). The summed E-state index contributed by atoms with van der Waals surface area (Å²) in [6.45, 7) is 0.651. The van der Waals surface area contributed by atoms with Gasteiger partial charge in [-0.1, -0.05) is 30.3 Å². The number of fused-ring (bicyclic) bond motifs is 1. The van der Waals surface area contributed by atoms with Crippen LogP contribution in [0.15, 0.2) is 66.7 Å². The largest absolute Gasteiger partial charge is 0.488 e. The minimum atomic E-state index is -0.414. The van der Waals surface area contributed by atoms with Crippen molar-refractivity contribution in [2.45, 2.75) is 0 Å². The maximum absolute atomic E-state index is 12.8. The first-order valence-corrected chi connectivity index (χ1v) is 9.28. The Hall–Kier alpha value is -4.20. The van der Waals surface area contributed by atoms with Gasteiger partial charge in [0.25, 0.3) is 5.91 Å². The molecule has 1 aromatic heterocycles. The average molecular weight is 402 g/mol. The minimum Gasteiger partial charge on any atom is -0.488 e. The summed E-state index contributed by atoms with van der Waals surface area (Å²) in [5, 5.41) is 5.51. The van der Waals surface area contributed by atoms with Crippen LogP contribution in [0.5, 0.6) is 5.75 Å². The number of amides is 3. The summed E-state index contributed by atoms with van der Waals surface area (Å²) in [5.41, 5.74) is 1.39. The Labute approximate surface area is 172 Å². The number of para-hydroxylation sites is 1. The van der Waals surface area contributed by atoms with E-state index < -0.39 is 5.91 Å². The lowest BCUT2D eigenvalue weighted by atomic mass is 10.1. The van der Waals surface area contributed by atoms with Crippen LogP contribution in [0, 0.1) is 0 Å². The van der Waals surface area contributed by atoms with Crippen LogP contribution in [0.1, 0.15) is 20.7 Å². The van der Waals surface area contributed by atoms with Crippen LogP contribution in [-0.4, -0.2) is 36.4 Å². The highest BCUT2D eigenvalue weighted by atomic mass is 16.5. The fraction of sp³-hybridized carbons (Fsp3) is 0.0909. The molecule has 3 amide bonds. The summed E-state index contributed by atoms with van der Waals surface area (Å²) >= 11 is 0. The zero-order chi connectivity index (χ0) is 20.9. The van der Waals surface area contributed by atoms with Crippen molar-refractivity contribution in [1.29, 1.82) is 0 Å². The van der Waals surface area contributed by atoms with Crippen molar-refractivity contribution >= 4 is 35.5 Å². The fourth-order valence-electron chi connectivity index (χ4n) is 3.02. The van der Waals surface area contributed by atoms with Crippen LogP contribution in [0.4, 0.5) is 22.1 Å². The number of aromatic nitrogens is 1. The predicted molar refractivity (Wildman–Crippen MR) is 112 cm³/mol. The van der Waals surface area contributed by atoms with Crippen molar-refractivity contribution in [2.75, 3.05) is 28.7 Å². The Kier molecular flexibility index (Phi) is 5.38. The number of hydrogen-bond donors (Lipinski definition) is 2. The lowest BCUT2D eigenvalue weighted by Crippen LogP contribution is -2.41. The van der Waals surface area contributed by atoms with E-state index in [9.17, 15) is 14.4 Å². The summed E-state index contributed by atoms with van der Waals surface area (Å²) < 4.78 is 5.59. The molecule has 2 aromatic carbocycles. The Bertz CT molecular complexity index is 1100. The summed E-state index contributed by atoms with van der Waals surface area (Å²) in [6, 6.07) is 18.3. The Balaban J connectivity index is 1.55. The molecular formula is C22H18N4O4. The van der Waals surface area contributed by atoms with Crippen molar-refractivity contribution in [3.8, 4) is 5.75 Å².